The Morgan fingerprint density at radius 1 is 1.18 bits per heavy atom. The zero-order chi connectivity index (χ0) is 27.5. The van der Waals surface area contributed by atoms with E-state index in [0.717, 1.165) is 18.2 Å². The third-order valence-corrected chi connectivity index (χ3v) is 6.30. The van der Waals surface area contributed by atoms with Crippen LogP contribution in [0.2, 0.25) is 5.02 Å². The number of aromatic nitrogens is 3. The summed E-state index contributed by atoms with van der Waals surface area (Å²) in [7, 11) is 0. The molecule has 9 nitrogen and oxygen atoms in total. The van der Waals surface area contributed by atoms with Gasteiger partial charge in [0.1, 0.15) is 5.82 Å². The van der Waals surface area contributed by atoms with Gasteiger partial charge in [0, 0.05) is 24.7 Å². The van der Waals surface area contributed by atoms with E-state index in [4.69, 9.17) is 16.3 Å². The Hall–Kier alpha value is -3.84. The molecule has 1 atom stereocenters. The van der Waals surface area contributed by atoms with Crippen LogP contribution >= 0.6 is 11.6 Å². The normalized spacial score (nSPS) is 17.3. The first-order valence-electron chi connectivity index (χ1n) is 11.2. The van der Waals surface area contributed by atoms with Crippen molar-refractivity contribution in [1.82, 2.24) is 20.5 Å². The average molecular weight is 554 g/mol. The second-order valence-corrected chi connectivity index (χ2v) is 9.07. The molecule has 3 N–H and O–H groups in total. The maximum Gasteiger partial charge on any atom is 0.418 e. The lowest BCUT2D eigenvalue weighted by atomic mass is 9.80. The van der Waals surface area contributed by atoms with Crippen molar-refractivity contribution in [3.8, 4) is 0 Å². The molecule has 0 bridgehead atoms. The molecule has 1 aromatic carbocycles. The van der Waals surface area contributed by atoms with Crippen molar-refractivity contribution < 1.29 is 31.9 Å². The van der Waals surface area contributed by atoms with Gasteiger partial charge in [-0.1, -0.05) is 11.6 Å². The molecule has 1 aliphatic rings. The third-order valence-electron chi connectivity index (χ3n) is 5.97. The van der Waals surface area contributed by atoms with E-state index < -0.39 is 40.2 Å². The number of nitrogens with zero attached hydrogens (tertiary/aromatic N) is 2. The number of ketones is 1. The summed E-state index contributed by atoms with van der Waals surface area (Å²) >= 11 is 6.25. The highest BCUT2D eigenvalue weighted by Crippen LogP contribution is 2.37. The van der Waals surface area contributed by atoms with Gasteiger partial charge in [0.2, 0.25) is 5.91 Å². The van der Waals surface area contributed by atoms with Crippen LogP contribution in [0.1, 0.15) is 34.5 Å². The Kier molecular flexibility index (Phi) is 7.78. The number of pyridine rings is 1. The van der Waals surface area contributed by atoms with Crippen LogP contribution in [0.15, 0.2) is 47.5 Å². The van der Waals surface area contributed by atoms with Crippen molar-refractivity contribution in [1.29, 1.82) is 0 Å². The second-order valence-electron chi connectivity index (χ2n) is 8.66. The zero-order valence-electron chi connectivity index (χ0n) is 19.5. The van der Waals surface area contributed by atoms with E-state index in [-0.39, 0.29) is 60.3 Å². The summed E-state index contributed by atoms with van der Waals surface area (Å²) in [6.45, 7) is 0.117. The first kappa shape index (κ1) is 27.2. The van der Waals surface area contributed by atoms with Gasteiger partial charge < -0.3 is 15.4 Å². The van der Waals surface area contributed by atoms with Crippen molar-refractivity contribution in [2.24, 2.45) is 5.41 Å². The van der Waals surface area contributed by atoms with Crippen molar-refractivity contribution in [3.05, 3.63) is 80.7 Å². The summed E-state index contributed by atoms with van der Waals surface area (Å²) in [6, 6.07) is 4.63. The molecule has 0 saturated carbocycles. The number of rotatable bonds is 8. The third kappa shape index (κ3) is 6.17. The zero-order valence-corrected chi connectivity index (χ0v) is 20.3. The molecule has 38 heavy (non-hydrogen) atoms. The molecule has 0 unspecified atom stereocenters. The van der Waals surface area contributed by atoms with Gasteiger partial charge in [-0.2, -0.15) is 18.3 Å². The summed E-state index contributed by atoms with van der Waals surface area (Å²) in [4.78, 5) is 41.4. The number of H-pyrrole nitrogens is 1. The van der Waals surface area contributed by atoms with Crippen LogP contribution in [0, 0.1) is 11.2 Å². The van der Waals surface area contributed by atoms with Gasteiger partial charge >= 0.3 is 6.18 Å². The van der Waals surface area contributed by atoms with Crippen molar-refractivity contribution in [2.45, 2.75) is 25.6 Å². The topological polar surface area (TPSA) is 126 Å². The second kappa shape index (κ2) is 10.9. The molecule has 1 saturated heterocycles. The Balaban J connectivity index is 1.45. The number of anilines is 2. The fourth-order valence-corrected chi connectivity index (χ4v) is 4.21. The van der Waals surface area contributed by atoms with Crippen LogP contribution in [-0.4, -0.2) is 40.1 Å². The Labute approximate surface area is 217 Å². The van der Waals surface area contributed by atoms with Gasteiger partial charge in [-0.05, 0) is 30.7 Å². The van der Waals surface area contributed by atoms with Gasteiger partial charge in [-0.3, -0.25) is 19.4 Å². The lowest BCUT2D eigenvalue weighted by Gasteiger charge is -2.25. The molecule has 3 heterocycles. The quantitative estimate of drug-likeness (QED) is 0.284. The monoisotopic (exact) mass is 553 g/mol. The van der Waals surface area contributed by atoms with E-state index >= 15 is 0 Å². The van der Waals surface area contributed by atoms with Gasteiger partial charge in [-0.15, -0.1) is 0 Å². The number of hydrogen-bond donors (Lipinski definition) is 3. The molecule has 1 amide bonds. The van der Waals surface area contributed by atoms with Crippen LogP contribution in [-0.2, 0) is 22.3 Å². The largest absolute Gasteiger partial charge is 0.418 e. The minimum absolute atomic E-state index is 0.00950. The minimum Gasteiger partial charge on any atom is -0.380 e. The number of carbonyl (C=O) groups is 2. The molecule has 2 aromatic heterocycles. The predicted octanol–water partition coefficient (Wildman–Crippen LogP) is 4.02. The number of nitrogens with one attached hydrogen (secondary N) is 3. The lowest BCUT2D eigenvalue weighted by Crippen LogP contribution is -2.43. The van der Waals surface area contributed by atoms with Crippen LogP contribution in [0.5, 0.6) is 0 Å². The molecular weight excluding hydrogens is 534 g/mol. The summed E-state index contributed by atoms with van der Waals surface area (Å²) in [5.41, 5.74) is -2.91. The number of halogens is 5. The van der Waals surface area contributed by atoms with Crippen molar-refractivity contribution in [2.75, 3.05) is 18.5 Å². The van der Waals surface area contributed by atoms with Gasteiger partial charge in [0.05, 0.1) is 58.6 Å². The first-order valence-corrected chi connectivity index (χ1v) is 11.6. The van der Waals surface area contributed by atoms with Gasteiger partial charge in [-0.25, -0.2) is 9.49 Å². The molecule has 3 aromatic rings. The maximum absolute atomic E-state index is 13.4. The van der Waals surface area contributed by atoms with Crippen LogP contribution in [0.25, 0.3) is 0 Å². The SMILES string of the molecule is O=C(C[C@@]1(C(=O)NCc2ncc(Nc3ccc(F)cc3C(F)(F)F)cc2Cl)CCOC1)c1cn[nH]c(=O)c1. The smallest absolute Gasteiger partial charge is 0.380 e. The fraction of sp³-hybridized carbons (Fsp3) is 0.292. The number of aromatic amines is 1. The summed E-state index contributed by atoms with van der Waals surface area (Å²) in [5, 5.41) is 11.0. The number of amides is 1. The number of Topliss-reactive ketones (excluding diaryl/α,β-unsaturated/α-hetero) is 1. The number of hydrogen-bond acceptors (Lipinski definition) is 7. The average Bonchev–Trinajstić information content (AvgIpc) is 3.33. The summed E-state index contributed by atoms with van der Waals surface area (Å²) in [6.07, 6.45) is -2.32. The Morgan fingerprint density at radius 3 is 2.63 bits per heavy atom. The van der Waals surface area contributed by atoms with Crippen LogP contribution in [0.3, 0.4) is 0 Å². The maximum atomic E-state index is 13.4. The Morgan fingerprint density at radius 2 is 1.97 bits per heavy atom. The molecule has 4 rings (SSSR count). The van der Waals surface area contributed by atoms with E-state index in [1.807, 2.05) is 0 Å². The molecule has 1 fully saturated rings. The molecule has 14 heteroatoms. The van der Waals surface area contributed by atoms with Crippen molar-refractivity contribution in [3.63, 3.8) is 0 Å². The van der Waals surface area contributed by atoms with E-state index in [1.54, 1.807) is 0 Å². The summed E-state index contributed by atoms with van der Waals surface area (Å²) < 4.78 is 58.5. The van der Waals surface area contributed by atoms with Crippen LogP contribution < -0.4 is 16.2 Å². The van der Waals surface area contributed by atoms with E-state index in [1.165, 1.54) is 18.5 Å². The standard InChI is InChI=1S/C24H20ClF4N5O4/c25-17-7-15(33-18-2-1-14(26)6-16(18)24(27,28)29)10-30-19(17)11-31-22(37)23(3-4-38-12-23)8-20(35)13-5-21(36)34-32-9-13/h1-2,5-7,9-10,33H,3-4,8,11-12H2,(H,31,37)(H,34,36)/t23-/m0/s1. The molecular formula is C24H20ClF4N5O4. The molecule has 200 valence electrons. The highest BCUT2D eigenvalue weighted by molar-refractivity contribution is 6.31. The predicted molar refractivity (Wildman–Crippen MR) is 127 cm³/mol. The number of ether oxygens (including phenoxy) is 1. The number of alkyl halides is 3. The van der Waals surface area contributed by atoms with E-state index in [2.05, 4.69) is 25.8 Å². The van der Waals surface area contributed by atoms with E-state index in [0.29, 0.717) is 6.07 Å². The van der Waals surface area contributed by atoms with Crippen molar-refractivity contribution >= 4 is 34.7 Å². The fourth-order valence-electron chi connectivity index (χ4n) is 3.98. The van der Waals surface area contributed by atoms with Crippen LogP contribution in [0.4, 0.5) is 28.9 Å². The highest BCUT2D eigenvalue weighted by atomic mass is 35.5. The van der Waals surface area contributed by atoms with E-state index in [9.17, 15) is 31.9 Å². The van der Waals surface area contributed by atoms with Gasteiger partial charge in [0.15, 0.2) is 5.78 Å². The molecule has 0 aliphatic carbocycles. The number of carbonyl (C=O) groups excluding carboxylic acids is 2. The lowest BCUT2D eigenvalue weighted by molar-refractivity contribution is -0.137. The minimum atomic E-state index is -4.79. The van der Waals surface area contributed by atoms with Gasteiger partial charge in [0.25, 0.3) is 5.56 Å². The highest BCUT2D eigenvalue weighted by Gasteiger charge is 2.44. The molecule has 0 spiro atoms. The summed E-state index contributed by atoms with van der Waals surface area (Å²) in [5.74, 6) is -1.97. The molecule has 1 aliphatic heterocycles. The molecule has 0 radical (unpaired) electrons. The number of benzene rings is 1. The Bertz CT molecular complexity index is 1420. The first-order chi connectivity index (χ1) is 18.0.